The first-order valence-electron chi connectivity index (χ1n) is 14.6. The lowest BCUT2D eigenvalue weighted by Gasteiger charge is -2.12. The summed E-state index contributed by atoms with van der Waals surface area (Å²) in [5.74, 6) is -0.773. The summed E-state index contributed by atoms with van der Waals surface area (Å²) in [5, 5.41) is 17.2. The molecular formula is C28H54N4O5. The first-order valence-corrected chi connectivity index (χ1v) is 14.6. The van der Waals surface area contributed by atoms with Crippen LogP contribution in [0.4, 0.5) is 0 Å². The number of nitrogens with two attached hydrogens (primary N) is 1. The maximum atomic E-state index is 11.9. The van der Waals surface area contributed by atoms with Crippen molar-refractivity contribution < 1.29 is 24.3 Å². The van der Waals surface area contributed by atoms with Crippen molar-refractivity contribution in [1.29, 1.82) is 0 Å². The fraction of sp³-hybridized carbons (Fsp3) is 0.857. The van der Waals surface area contributed by atoms with Crippen molar-refractivity contribution in [3.05, 3.63) is 0 Å². The van der Waals surface area contributed by atoms with E-state index in [1.807, 2.05) is 0 Å². The number of carbonyl (C=O) groups is 4. The van der Waals surface area contributed by atoms with Crippen LogP contribution in [0.5, 0.6) is 0 Å². The number of nitrogens with one attached hydrogen (secondary N) is 3. The highest BCUT2D eigenvalue weighted by atomic mass is 16.4. The molecule has 0 aromatic heterocycles. The van der Waals surface area contributed by atoms with E-state index in [-0.39, 0.29) is 24.1 Å². The molecule has 0 aliphatic rings. The Labute approximate surface area is 224 Å². The van der Waals surface area contributed by atoms with Gasteiger partial charge in [0.2, 0.25) is 17.7 Å². The van der Waals surface area contributed by atoms with E-state index in [1.54, 1.807) is 0 Å². The van der Waals surface area contributed by atoms with E-state index in [0.29, 0.717) is 45.3 Å². The van der Waals surface area contributed by atoms with Gasteiger partial charge in [0.1, 0.15) is 0 Å². The molecule has 0 saturated heterocycles. The highest BCUT2D eigenvalue weighted by molar-refractivity contribution is 5.81. The van der Waals surface area contributed by atoms with Crippen LogP contribution >= 0.6 is 0 Å². The molecule has 0 aliphatic carbocycles. The summed E-state index contributed by atoms with van der Waals surface area (Å²) in [5.41, 5.74) is 5.89. The number of rotatable bonds is 26. The van der Waals surface area contributed by atoms with Gasteiger partial charge in [0.05, 0.1) is 6.04 Å². The maximum absolute atomic E-state index is 11.9. The minimum atomic E-state index is -0.706. The van der Waals surface area contributed by atoms with E-state index in [9.17, 15) is 19.2 Å². The summed E-state index contributed by atoms with van der Waals surface area (Å²) in [6, 6.07) is -0.490. The van der Waals surface area contributed by atoms with Crippen LogP contribution in [-0.2, 0) is 19.2 Å². The first kappa shape index (κ1) is 34.8. The molecule has 1 atom stereocenters. The third kappa shape index (κ3) is 25.3. The molecule has 9 heteroatoms. The van der Waals surface area contributed by atoms with Crippen LogP contribution in [-0.4, -0.2) is 54.5 Å². The lowest BCUT2D eigenvalue weighted by atomic mass is 10.1. The van der Waals surface area contributed by atoms with Gasteiger partial charge in [0, 0.05) is 38.9 Å². The molecule has 1 unspecified atom stereocenters. The zero-order chi connectivity index (χ0) is 27.6. The summed E-state index contributed by atoms with van der Waals surface area (Å²) in [6.07, 6.45) is 16.8. The number of amides is 3. The average Bonchev–Trinajstić information content (AvgIpc) is 2.86. The van der Waals surface area contributed by atoms with Crippen molar-refractivity contribution in [1.82, 2.24) is 16.0 Å². The smallest absolute Gasteiger partial charge is 0.303 e. The molecule has 37 heavy (non-hydrogen) atoms. The van der Waals surface area contributed by atoms with Gasteiger partial charge >= 0.3 is 5.97 Å². The Morgan fingerprint density at radius 1 is 0.595 bits per heavy atom. The van der Waals surface area contributed by atoms with Gasteiger partial charge in [-0.25, -0.2) is 0 Å². The second kappa shape index (κ2) is 25.5. The van der Waals surface area contributed by atoms with Crippen molar-refractivity contribution in [3.8, 4) is 0 Å². The SMILES string of the molecule is CCCCNC(=O)C(N)CCCCNC(=O)CCCNC(=O)CCCCCCCCCCCCC(=O)O. The molecule has 0 aromatic rings. The monoisotopic (exact) mass is 526 g/mol. The third-order valence-electron chi connectivity index (χ3n) is 6.38. The van der Waals surface area contributed by atoms with E-state index in [1.165, 1.54) is 25.7 Å². The number of carbonyl (C=O) groups excluding carboxylic acids is 3. The Hall–Kier alpha value is -2.16. The van der Waals surface area contributed by atoms with Crippen molar-refractivity contribution in [2.75, 3.05) is 19.6 Å². The second-order valence-corrected chi connectivity index (χ2v) is 9.98. The number of hydrogen-bond acceptors (Lipinski definition) is 5. The van der Waals surface area contributed by atoms with Crippen LogP contribution < -0.4 is 21.7 Å². The molecule has 0 bridgehead atoms. The van der Waals surface area contributed by atoms with Crippen molar-refractivity contribution in [3.63, 3.8) is 0 Å². The quantitative estimate of drug-likeness (QED) is 0.107. The summed E-state index contributed by atoms with van der Waals surface area (Å²) >= 11 is 0. The van der Waals surface area contributed by atoms with E-state index in [2.05, 4.69) is 22.9 Å². The Balaban J connectivity index is 3.44. The molecule has 9 nitrogen and oxygen atoms in total. The van der Waals surface area contributed by atoms with Crippen LogP contribution in [0.25, 0.3) is 0 Å². The second-order valence-electron chi connectivity index (χ2n) is 9.98. The van der Waals surface area contributed by atoms with Crippen LogP contribution in [0.15, 0.2) is 0 Å². The Morgan fingerprint density at radius 3 is 1.59 bits per heavy atom. The van der Waals surface area contributed by atoms with Crippen LogP contribution in [0, 0.1) is 0 Å². The summed E-state index contributed by atoms with van der Waals surface area (Å²) in [6.45, 7) is 3.83. The molecule has 0 spiro atoms. The van der Waals surface area contributed by atoms with Crippen LogP contribution in [0.2, 0.25) is 0 Å². The van der Waals surface area contributed by atoms with Gasteiger partial charge in [-0.05, 0) is 44.9 Å². The molecule has 0 heterocycles. The molecule has 0 rings (SSSR count). The largest absolute Gasteiger partial charge is 0.481 e. The van der Waals surface area contributed by atoms with Crippen molar-refractivity contribution >= 4 is 23.7 Å². The van der Waals surface area contributed by atoms with E-state index < -0.39 is 12.0 Å². The number of aliphatic carboxylic acids is 1. The zero-order valence-corrected chi connectivity index (χ0v) is 23.3. The first-order chi connectivity index (χ1) is 17.9. The highest BCUT2D eigenvalue weighted by Gasteiger charge is 2.12. The minimum absolute atomic E-state index is 0.0175. The van der Waals surface area contributed by atoms with Gasteiger partial charge in [-0.2, -0.15) is 0 Å². The van der Waals surface area contributed by atoms with Crippen LogP contribution in [0.1, 0.15) is 129 Å². The van der Waals surface area contributed by atoms with E-state index >= 15 is 0 Å². The number of carboxylic acid groups (broad SMARTS) is 1. The molecular weight excluding hydrogens is 472 g/mol. The fourth-order valence-corrected chi connectivity index (χ4v) is 4.00. The molecule has 0 saturated carbocycles. The van der Waals surface area contributed by atoms with Crippen LogP contribution in [0.3, 0.4) is 0 Å². The lowest BCUT2D eigenvalue weighted by molar-refractivity contribution is -0.137. The maximum Gasteiger partial charge on any atom is 0.303 e. The topological polar surface area (TPSA) is 151 Å². The van der Waals surface area contributed by atoms with Crippen molar-refractivity contribution in [2.45, 2.75) is 135 Å². The zero-order valence-electron chi connectivity index (χ0n) is 23.3. The standard InChI is InChI=1S/C28H54N4O5/c1-2-3-21-32-28(37)24(29)17-14-15-22-30-26(34)19-16-23-31-25(33)18-12-10-8-6-4-5-7-9-11-13-20-27(35)36/h24H,2-23,29H2,1H3,(H,30,34)(H,31,33)(H,32,37)(H,35,36). The molecule has 0 fully saturated rings. The van der Waals surface area contributed by atoms with Gasteiger partial charge < -0.3 is 26.8 Å². The number of unbranched alkanes of at least 4 members (excludes halogenated alkanes) is 11. The van der Waals surface area contributed by atoms with E-state index in [0.717, 1.165) is 64.2 Å². The Bertz CT molecular complexity index is 615. The van der Waals surface area contributed by atoms with Crippen molar-refractivity contribution in [2.24, 2.45) is 5.73 Å². The predicted octanol–water partition coefficient (Wildman–Crippen LogP) is 4.18. The number of carboxylic acids is 1. The Morgan fingerprint density at radius 2 is 1.05 bits per heavy atom. The molecule has 0 radical (unpaired) electrons. The molecule has 216 valence electrons. The van der Waals surface area contributed by atoms with Gasteiger partial charge in [-0.1, -0.05) is 64.7 Å². The molecule has 0 aliphatic heterocycles. The molecule has 3 amide bonds. The number of hydrogen-bond donors (Lipinski definition) is 5. The third-order valence-corrected chi connectivity index (χ3v) is 6.38. The van der Waals surface area contributed by atoms with E-state index in [4.69, 9.17) is 10.8 Å². The fourth-order valence-electron chi connectivity index (χ4n) is 4.00. The average molecular weight is 527 g/mol. The normalized spacial score (nSPS) is 11.6. The van der Waals surface area contributed by atoms with Gasteiger partial charge in [-0.15, -0.1) is 0 Å². The predicted molar refractivity (Wildman–Crippen MR) is 148 cm³/mol. The van der Waals surface area contributed by atoms with Gasteiger partial charge in [0.25, 0.3) is 0 Å². The summed E-state index contributed by atoms with van der Waals surface area (Å²) in [7, 11) is 0. The van der Waals surface area contributed by atoms with Gasteiger partial charge in [0.15, 0.2) is 0 Å². The Kier molecular flexibility index (Phi) is 24.0. The molecule has 6 N–H and O–H groups in total. The molecule has 0 aromatic carbocycles. The summed E-state index contributed by atoms with van der Waals surface area (Å²) in [4.78, 5) is 46.1. The highest BCUT2D eigenvalue weighted by Crippen LogP contribution is 2.12. The summed E-state index contributed by atoms with van der Waals surface area (Å²) < 4.78 is 0. The lowest BCUT2D eigenvalue weighted by Crippen LogP contribution is -2.41. The van der Waals surface area contributed by atoms with Gasteiger partial charge in [-0.3, -0.25) is 19.2 Å². The minimum Gasteiger partial charge on any atom is -0.481 e.